The van der Waals surface area contributed by atoms with E-state index in [1.165, 1.54) is 0 Å². The molecule has 3 unspecified atom stereocenters. The maximum absolute atomic E-state index is 12.1. The van der Waals surface area contributed by atoms with Gasteiger partial charge in [-0.15, -0.1) is 0 Å². The predicted molar refractivity (Wildman–Crippen MR) is 84.1 cm³/mol. The molecule has 0 spiro atoms. The molecule has 0 heterocycles. The van der Waals surface area contributed by atoms with Gasteiger partial charge in [-0.25, -0.2) is 8.42 Å². The van der Waals surface area contributed by atoms with Crippen LogP contribution < -0.4 is 0 Å². The van der Waals surface area contributed by atoms with Gasteiger partial charge in [-0.05, 0) is 57.2 Å². The molecule has 0 fully saturated rings. The average molecular weight is 314 g/mol. The van der Waals surface area contributed by atoms with Crippen molar-refractivity contribution in [3.63, 3.8) is 0 Å². The number of sulfone groups is 1. The number of benzene rings is 1. The van der Waals surface area contributed by atoms with Crippen molar-refractivity contribution in [1.29, 1.82) is 0 Å². The molecule has 120 valence electrons. The van der Waals surface area contributed by atoms with E-state index in [-0.39, 0.29) is 5.92 Å². The molecule has 0 saturated carbocycles. The summed E-state index contributed by atoms with van der Waals surface area (Å²) < 4.78 is 24.2. The average Bonchev–Trinajstić information content (AvgIpc) is 2.44. The van der Waals surface area contributed by atoms with E-state index < -0.39 is 27.3 Å². The Morgan fingerprint density at radius 3 is 1.95 bits per heavy atom. The third-order valence-electron chi connectivity index (χ3n) is 3.88. The van der Waals surface area contributed by atoms with Gasteiger partial charge in [-0.3, -0.25) is 0 Å². The zero-order valence-corrected chi connectivity index (χ0v) is 14.0. The third-order valence-corrected chi connectivity index (χ3v) is 6.05. The first kappa shape index (κ1) is 18.1. The van der Waals surface area contributed by atoms with Gasteiger partial charge in [0, 0.05) is 0 Å². The standard InChI is InChI=1S/C16H26O4S/c1-5-13(10-16(18)12(4)17)14-6-8-15(9-7-14)21(19,20)11(2)3/h6-9,11-13,16-18H,5,10H2,1-4H3. The van der Waals surface area contributed by atoms with Gasteiger partial charge in [0.1, 0.15) is 0 Å². The van der Waals surface area contributed by atoms with Crippen LogP contribution in [0.1, 0.15) is 52.0 Å². The van der Waals surface area contributed by atoms with Crippen molar-refractivity contribution in [2.45, 2.75) is 68.8 Å². The number of rotatable bonds is 7. The minimum atomic E-state index is -3.25. The first-order chi connectivity index (χ1) is 9.70. The molecular weight excluding hydrogens is 288 g/mol. The van der Waals surface area contributed by atoms with Gasteiger partial charge >= 0.3 is 0 Å². The van der Waals surface area contributed by atoms with Gasteiger partial charge in [-0.1, -0.05) is 19.1 Å². The maximum atomic E-state index is 12.1. The van der Waals surface area contributed by atoms with Crippen molar-refractivity contribution in [1.82, 2.24) is 0 Å². The molecule has 4 nitrogen and oxygen atoms in total. The van der Waals surface area contributed by atoms with Gasteiger partial charge < -0.3 is 10.2 Å². The van der Waals surface area contributed by atoms with E-state index in [2.05, 4.69) is 0 Å². The van der Waals surface area contributed by atoms with Crippen molar-refractivity contribution < 1.29 is 18.6 Å². The van der Waals surface area contributed by atoms with E-state index in [4.69, 9.17) is 0 Å². The topological polar surface area (TPSA) is 74.6 Å². The first-order valence-electron chi connectivity index (χ1n) is 7.40. The Balaban J connectivity index is 2.95. The molecule has 0 aliphatic heterocycles. The van der Waals surface area contributed by atoms with E-state index in [0.29, 0.717) is 11.3 Å². The highest BCUT2D eigenvalue weighted by molar-refractivity contribution is 7.92. The molecule has 0 saturated heterocycles. The highest BCUT2D eigenvalue weighted by atomic mass is 32.2. The summed E-state index contributed by atoms with van der Waals surface area (Å²) in [7, 11) is -3.25. The smallest absolute Gasteiger partial charge is 0.180 e. The third kappa shape index (κ3) is 4.53. The summed E-state index contributed by atoms with van der Waals surface area (Å²) in [6, 6.07) is 6.86. The van der Waals surface area contributed by atoms with Crippen LogP contribution in [0.2, 0.25) is 0 Å². The summed E-state index contributed by atoms with van der Waals surface area (Å²) in [5, 5.41) is 18.8. The molecule has 1 aromatic rings. The molecule has 2 N–H and O–H groups in total. The van der Waals surface area contributed by atoms with Gasteiger partial charge in [-0.2, -0.15) is 0 Å². The van der Waals surface area contributed by atoms with E-state index in [9.17, 15) is 18.6 Å². The maximum Gasteiger partial charge on any atom is 0.180 e. The van der Waals surface area contributed by atoms with E-state index in [1.807, 2.05) is 6.92 Å². The second kappa shape index (κ2) is 7.38. The highest BCUT2D eigenvalue weighted by Gasteiger charge is 2.21. The molecule has 21 heavy (non-hydrogen) atoms. The monoisotopic (exact) mass is 314 g/mol. The molecule has 0 bridgehead atoms. The van der Waals surface area contributed by atoms with Crippen molar-refractivity contribution in [2.24, 2.45) is 0 Å². The number of hydrogen-bond acceptors (Lipinski definition) is 4. The fourth-order valence-electron chi connectivity index (χ4n) is 2.23. The Hall–Kier alpha value is -0.910. The van der Waals surface area contributed by atoms with Crippen molar-refractivity contribution in [2.75, 3.05) is 0 Å². The summed E-state index contributed by atoms with van der Waals surface area (Å²) in [5.41, 5.74) is 0.986. The summed E-state index contributed by atoms with van der Waals surface area (Å²) in [5.74, 6) is 0.102. The zero-order valence-electron chi connectivity index (χ0n) is 13.2. The summed E-state index contributed by atoms with van der Waals surface area (Å²) in [4.78, 5) is 0.326. The SMILES string of the molecule is CCC(CC(O)C(C)O)c1ccc(S(=O)(=O)C(C)C)cc1. The molecule has 3 atom stereocenters. The van der Waals surface area contributed by atoms with Gasteiger partial charge in [0.2, 0.25) is 0 Å². The van der Waals surface area contributed by atoms with Crippen LogP contribution >= 0.6 is 0 Å². The second-order valence-corrected chi connectivity index (χ2v) is 8.32. The second-order valence-electron chi connectivity index (χ2n) is 5.81. The molecule has 0 aromatic heterocycles. The van der Waals surface area contributed by atoms with E-state index in [1.54, 1.807) is 45.0 Å². The fourth-order valence-corrected chi connectivity index (χ4v) is 3.29. The molecule has 0 amide bonds. The number of hydrogen-bond donors (Lipinski definition) is 2. The van der Waals surface area contributed by atoms with Crippen LogP contribution in [0.5, 0.6) is 0 Å². The predicted octanol–water partition coefficient (Wildman–Crippen LogP) is 2.49. The minimum Gasteiger partial charge on any atom is -0.391 e. The Kier molecular flexibility index (Phi) is 6.38. The molecule has 0 aliphatic rings. The van der Waals surface area contributed by atoms with E-state index >= 15 is 0 Å². The molecule has 5 heteroatoms. The molecular formula is C16H26O4S. The fraction of sp³-hybridized carbons (Fsp3) is 0.625. The van der Waals surface area contributed by atoms with Crippen molar-refractivity contribution in [3.8, 4) is 0 Å². The summed E-state index contributed by atoms with van der Waals surface area (Å²) >= 11 is 0. The van der Waals surface area contributed by atoms with Crippen LogP contribution in [-0.4, -0.2) is 36.1 Å². The van der Waals surface area contributed by atoms with Crippen LogP contribution in [0.25, 0.3) is 0 Å². The van der Waals surface area contributed by atoms with Crippen LogP contribution in [0.4, 0.5) is 0 Å². The van der Waals surface area contributed by atoms with Crippen LogP contribution in [-0.2, 0) is 9.84 Å². The van der Waals surface area contributed by atoms with Gasteiger partial charge in [0.05, 0.1) is 22.4 Å². The largest absolute Gasteiger partial charge is 0.391 e. The first-order valence-corrected chi connectivity index (χ1v) is 8.94. The normalized spacial score (nSPS) is 16.7. The van der Waals surface area contributed by atoms with Crippen LogP contribution in [0.3, 0.4) is 0 Å². The lowest BCUT2D eigenvalue weighted by atomic mass is 9.90. The molecule has 0 radical (unpaired) electrons. The Labute approximate surface area is 127 Å². The Morgan fingerprint density at radius 2 is 1.57 bits per heavy atom. The van der Waals surface area contributed by atoms with E-state index in [0.717, 1.165) is 12.0 Å². The summed E-state index contributed by atoms with van der Waals surface area (Å²) in [6.45, 7) is 6.90. The number of aliphatic hydroxyl groups is 2. The van der Waals surface area contributed by atoms with Gasteiger partial charge in [0.15, 0.2) is 9.84 Å². The van der Waals surface area contributed by atoms with Crippen LogP contribution in [0, 0.1) is 0 Å². The molecule has 1 aromatic carbocycles. The lowest BCUT2D eigenvalue weighted by Gasteiger charge is -2.21. The number of aliphatic hydroxyl groups excluding tert-OH is 2. The summed E-state index contributed by atoms with van der Waals surface area (Å²) in [6.07, 6.45) is -0.251. The molecule has 1 rings (SSSR count). The van der Waals surface area contributed by atoms with Crippen molar-refractivity contribution in [3.05, 3.63) is 29.8 Å². The highest BCUT2D eigenvalue weighted by Crippen LogP contribution is 2.27. The van der Waals surface area contributed by atoms with Crippen molar-refractivity contribution >= 4 is 9.84 Å². The minimum absolute atomic E-state index is 0.102. The lowest BCUT2D eigenvalue weighted by molar-refractivity contribution is 0.0215. The van der Waals surface area contributed by atoms with Gasteiger partial charge in [0.25, 0.3) is 0 Å². The zero-order chi connectivity index (χ0) is 16.2. The van der Waals surface area contributed by atoms with Crippen LogP contribution in [0.15, 0.2) is 29.2 Å². The Morgan fingerprint density at radius 1 is 1.05 bits per heavy atom. The Bertz CT molecular complexity index is 532. The quantitative estimate of drug-likeness (QED) is 0.811. The lowest BCUT2D eigenvalue weighted by Crippen LogP contribution is -2.24. The molecule has 0 aliphatic carbocycles.